The van der Waals surface area contributed by atoms with Crippen LogP contribution in [0.25, 0.3) is 0 Å². The molecule has 0 spiro atoms. The Hall–Kier alpha value is -2.56. The molecule has 0 bridgehead atoms. The van der Waals surface area contributed by atoms with E-state index in [1.807, 2.05) is 6.07 Å². The van der Waals surface area contributed by atoms with E-state index in [9.17, 15) is 10.1 Å². The van der Waals surface area contributed by atoms with Gasteiger partial charge in [-0.15, -0.1) is 0 Å². The number of carbonyl (C=O) groups excluding carboxylic acids is 1. The topological polar surface area (TPSA) is 80.7 Å². The Bertz CT molecular complexity index is 846. The van der Waals surface area contributed by atoms with Crippen molar-refractivity contribution in [3.8, 4) is 11.8 Å². The molecule has 0 fully saturated rings. The number of aromatic nitrogens is 1. The molecule has 1 aromatic heterocycles. The number of nitrogens with one attached hydrogen (secondary N) is 3. The first-order chi connectivity index (χ1) is 12.6. The Kier molecular flexibility index (Phi) is 5.76. The zero-order chi connectivity index (χ0) is 18.5. The maximum absolute atomic E-state index is 12.2. The Morgan fingerprint density at radius 3 is 2.88 bits per heavy atom. The molecule has 26 heavy (non-hydrogen) atoms. The number of quaternary nitrogens is 1. The molecule has 1 aliphatic rings. The summed E-state index contributed by atoms with van der Waals surface area (Å²) in [5.41, 5.74) is 3.68. The molecular weight excluding hydrogens is 348 g/mol. The number of H-pyrrole nitrogens is 1. The summed E-state index contributed by atoms with van der Waals surface area (Å²) in [4.78, 5) is 17.0. The van der Waals surface area contributed by atoms with Crippen LogP contribution in [0.2, 0.25) is 0 Å². The van der Waals surface area contributed by atoms with E-state index in [0.717, 1.165) is 36.0 Å². The number of hydrogen-bond donors (Lipinski definition) is 2. The summed E-state index contributed by atoms with van der Waals surface area (Å²) >= 11 is 1.36. The second kappa shape index (κ2) is 8.21. The van der Waals surface area contributed by atoms with Gasteiger partial charge in [0, 0.05) is 5.69 Å². The van der Waals surface area contributed by atoms with Gasteiger partial charge in [-0.25, -0.2) is 4.98 Å². The van der Waals surface area contributed by atoms with Crippen molar-refractivity contribution in [3.05, 3.63) is 47.2 Å². The number of amides is 1. The Labute approximate surface area is 157 Å². The molecule has 2 heterocycles. The van der Waals surface area contributed by atoms with E-state index >= 15 is 0 Å². The van der Waals surface area contributed by atoms with Gasteiger partial charge in [0.1, 0.15) is 23.9 Å². The van der Waals surface area contributed by atoms with Gasteiger partial charge >= 0.3 is 0 Å². The van der Waals surface area contributed by atoms with Crippen LogP contribution in [-0.4, -0.2) is 32.4 Å². The minimum absolute atomic E-state index is 0.112. The summed E-state index contributed by atoms with van der Waals surface area (Å²) in [6, 6.07) is 11.4. The van der Waals surface area contributed by atoms with Gasteiger partial charge in [-0.05, 0) is 42.1 Å². The van der Waals surface area contributed by atoms with Gasteiger partial charge in [0.2, 0.25) is 5.91 Å². The van der Waals surface area contributed by atoms with Crippen LogP contribution in [0.15, 0.2) is 35.4 Å². The zero-order valence-corrected chi connectivity index (χ0v) is 15.7. The fourth-order valence-corrected chi connectivity index (χ4v) is 3.75. The Balaban J connectivity index is 1.65. The van der Waals surface area contributed by atoms with E-state index in [2.05, 4.69) is 23.4 Å². The number of thioether (sulfide) groups is 1. The lowest BCUT2D eigenvalue weighted by molar-refractivity contribution is -0.897. The molecular formula is C19H22N4O2S+2. The molecule has 0 saturated carbocycles. The third-order valence-corrected chi connectivity index (χ3v) is 5.37. The van der Waals surface area contributed by atoms with E-state index in [-0.39, 0.29) is 11.7 Å². The van der Waals surface area contributed by atoms with Crippen LogP contribution in [0.5, 0.6) is 5.75 Å². The summed E-state index contributed by atoms with van der Waals surface area (Å²) in [5, 5.41) is 13.0. The van der Waals surface area contributed by atoms with Gasteiger partial charge in [-0.3, -0.25) is 4.79 Å². The van der Waals surface area contributed by atoms with Crippen LogP contribution in [-0.2, 0) is 17.8 Å². The zero-order valence-electron chi connectivity index (χ0n) is 14.9. The molecule has 134 valence electrons. The lowest BCUT2D eigenvalue weighted by atomic mass is 10.0. The molecule has 3 rings (SSSR count). The van der Waals surface area contributed by atoms with Crippen molar-refractivity contribution in [3.63, 3.8) is 0 Å². The number of hydrogen-bond acceptors (Lipinski definition) is 4. The van der Waals surface area contributed by atoms with Crippen LogP contribution < -0.4 is 19.9 Å². The van der Waals surface area contributed by atoms with Crippen LogP contribution >= 0.6 is 11.8 Å². The van der Waals surface area contributed by atoms with Gasteiger partial charge in [-0.1, -0.05) is 0 Å². The van der Waals surface area contributed by atoms with Gasteiger partial charge in [0.15, 0.2) is 5.69 Å². The van der Waals surface area contributed by atoms with Crippen LogP contribution in [0.4, 0.5) is 5.69 Å². The lowest BCUT2D eigenvalue weighted by Gasteiger charge is -2.19. The van der Waals surface area contributed by atoms with Gasteiger partial charge < -0.3 is 15.0 Å². The number of aromatic amines is 1. The quantitative estimate of drug-likeness (QED) is 0.759. The number of anilines is 1. The van der Waals surface area contributed by atoms with Crippen molar-refractivity contribution in [1.29, 1.82) is 5.26 Å². The van der Waals surface area contributed by atoms with Crippen LogP contribution in [0.1, 0.15) is 16.8 Å². The molecule has 1 aliphatic heterocycles. The fraction of sp³-hybridized carbons (Fsp3) is 0.316. The first-order valence-electron chi connectivity index (χ1n) is 8.45. The second-order valence-electron chi connectivity index (χ2n) is 6.33. The molecule has 1 atom stereocenters. The smallest absolute Gasteiger partial charge is 0.257 e. The molecule has 1 aromatic carbocycles. The summed E-state index contributed by atoms with van der Waals surface area (Å²) in [6.07, 6.45) is 0.957. The average Bonchev–Trinajstić information content (AvgIpc) is 2.66. The number of ether oxygens (including phenoxy) is 1. The number of nitrogens with zero attached hydrogens (tertiary/aromatic N) is 1. The Morgan fingerprint density at radius 2 is 2.19 bits per heavy atom. The van der Waals surface area contributed by atoms with Crippen LogP contribution in [0, 0.1) is 11.3 Å². The monoisotopic (exact) mass is 370 g/mol. The third-order valence-electron chi connectivity index (χ3n) is 4.35. The number of methoxy groups -OCH3 is 1. The summed E-state index contributed by atoms with van der Waals surface area (Å²) in [7, 11) is 3.76. The maximum Gasteiger partial charge on any atom is 0.257 e. The molecule has 0 radical (unpaired) electrons. The minimum Gasteiger partial charge on any atom is -0.497 e. The van der Waals surface area contributed by atoms with Crippen molar-refractivity contribution in [2.75, 3.05) is 31.8 Å². The predicted molar refractivity (Wildman–Crippen MR) is 99.2 cm³/mol. The number of carbonyl (C=O) groups is 1. The molecule has 7 heteroatoms. The number of benzene rings is 1. The molecule has 3 N–H and O–H groups in total. The van der Waals surface area contributed by atoms with Gasteiger partial charge in [-0.2, -0.15) is 5.26 Å². The van der Waals surface area contributed by atoms with Crippen LogP contribution in [0.3, 0.4) is 0 Å². The number of likely N-dealkylation sites (N-methyl/N-ethyl adjacent to an activating group) is 1. The molecule has 1 amide bonds. The first-order valence-corrected chi connectivity index (χ1v) is 9.43. The van der Waals surface area contributed by atoms with Crippen molar-refractivity contribution in [2.24, 2.45) is 0 Å². The van der Waals surface area contributed by atoms with E-state index in [4.69, 9.17) is 4.74 Å². The average molecular weight is 370 g/mol. The highest BCUT2D eigenvalue weighted by Gasteiger charge is 2.25. The highest BCUT2D eigenvalue weighted by atomic mass is 32.2. The Morgan fingerprint density at radius 1 is 1.42 bits per heavy atom. The highest BCUT2D eigenvalue weighted by Crippen LogP contribution is 2.21. The second-order valence-corrected chi connectivity index (χ2v) is 7.31. The molecule has 2 aromatic rings. The predicted octanol–water partition coefficient (Wildman–Crippen LogP) is 0.683. The molecule has 1 unspecified atom stereocenters. The third kappa shape index (κ3) is 4.34. The first kappa shape index (κ1) is 18.2. The molecule has 0 saturated heterocycles. The molecule has 0 aliphatic carbocycles. The van der Waals surface area contributed by atoms with E-state index < -0.39 is 0 Å². The largest absolute Gasteiger partial charge is 0.497 e. The number of rotatable bonds is 5. The molecule has 6 nitrogen and oxygen atoms in total. The van der Waals surface area contributed by atoms with Gasteiger partial charge in [0.05, 0.1) is 38.4 Å². The van der Waals surface area contributed by atoms with Gasteiger partial charge in [0.25, 0.3) is 5.03 Å². The van der Waals surface area contributed by atoms with Crippen molar-refractivity contribution in [2.45, 2.75) is 18.0 Å². The number of pyridine rings is 1. The van der Waals surface area contributed by atoms with E-state index in [1.165, 1.54) is 27.9 Å². The SMILES string of the molecule is COc1ccc(NC(=O)CSc2[nH+]c3c(cc2C#N)C[NH+](C)CC3)cc1. The number of nitriles is 1. The maximum atomic E-state index is 12.2. The summed E-state index contributed by atoms with van der Waals surface area (Å²) in [5.74, 6) is 0.868. The standard InChI is InChI=1S/C19H20N4O2S/c1-23-8-7-17-14(11-23)9-13(10-20)19(22-17)26-12-18(24)21-15-3-5-16(25-2)6-4-15/h3-6,9H,7-8,11-12H2,1-2H3,(H,21,24)/p+2. The lowest BCUT2D eigenvalue weighted by Crippen LogP contribution is -3.08. The van der Waals surface area contributed by atoms with Crippen molar-refractivity contribution >= 4 is 23.4 Å². The van der Waals surface area contributed by atoms with Crippen molar-refractivity contribution < 1.29 is 19.4 Å². The van der Waals surface area contributed by atoms with E-state index in [0.29, 0.717) is 5.56 Å². The fourth-order valence-electron chi connectivity index (χ4n) is 2.95. The summed E-state index contributed by atoms with van der Waals surface area (Å²) in [6.45, 7) is 1.99. The highest BCUT2D eigenvalue weighted by molar-refractivity contribution is 7.99. The van der Waals surface area contributed by atoms with E-state index in [1.54, 1.807) is 31.4 Å². The van der Waals surface area contributed by atoms with Crippen molar-refractivity contribution in [1.82, 2.24) is 0 Å². The summed E-state index contributed by atoms with van der Waals surface area (Å²) < 4.78 is 5.10. The number of fused-ring (bicyclic) bond motifs is 1. The normalized spacial score (nSPS) is 15.7. The minimum atomic E-state index is -0.112.